The van der Waals surface area contributed by atoms with E-state index < -0.39 is 65.1 Å². The number of amides is 4. The minimum Gasteiger partial charge on any atom is -0.508 e. The van der Waals surface area contributed by atoms with Crippen LogP contribution in [0.4, 0.5) is 0 Å². The minimum absolute atomic E-state index is 0.0548. The van der Waals surface area contributed by atoms with E-state index in [9.17, 15) is 33.6 Å². The lowest BCUT2D eigenvalue weighted by molar-refractivity contribution is -0.139. The molecule has 14 nitrogen and oxygen atoms in total. The van der Waals surface area contributed by atoms with Crippen molar-refractivity contribution in [3.63, 3.8) is 0 Å². The number of aromatic hydroxyl groups is 1. The number of likely N-dealkylation sites (N-methyl/N-ethyl adjacent to an activating group) is 1. The number of aliphatic hydroxyl groups excluding tert-OH is 1. The van der Waals surface area contributed by atoms with E-state index in [0.29, 0.717) is 12.0 Å². The highest BCUT2D eigenvalue weighted by Crippen LogP contribution is 2.13. The third-order valence-corrected chi connectivity index (χ3v) is 7.71. The molecule has 0 aliphatic rings. The molecule has 2 rings (SSSR count). The van der Waals surface area contributed by atoms with Gasteiger partial charge in [0.25, 0.3) is 0 Å². The second-order valence-electron chi connectivity index (χ2n) is 10.6. The van der Waals surface area contributed by atoms with Gasteiger partial charge in [0.2, 0.25) is 23.6 Å². The van der Waals surface area contributed by atoms with E-state index in [1.807, 2.05) is 18.2 Å². The first-order valence-corrected chi connectivity index (χ1v) is 16.0. The van der Waals surface area contributed by atoms with Crippen LogP contribution in [0, 0.1) is 0 Å². The van der Waals surface area contributed by atoms with Crippen LogP contribution in [0.3, 0.4) is 0 Å². The number of carbonyl (C=O) groups is 4. The van der Waals surface area contributed by atoms with Crippen molar-refractivity contribution >= 4 is 40.4 Å². The van der Waals surface area contributed by atoms with Crippen LogP contribution in [-0.2, 0) is 42.8 Å². The molecule has 2 aromatic rings. The molecule has 2 aromatic carbocycles. The number of phenolic OH excluding ortho intramolecular Hbond substituents is 1. The highest BCUT2D eigenvalue weighted by molar-refractivity contribution is 7.84. The van der Waals surface area contributed by atoms with Gasteiger partial charge in [-0.25, -0.2) is 4.99 Å². The van der Waals surface area contributed by atoms with Crippen molar-refractivity contribution in [2.45, 2.75) is 50.4 Å². The topological polar surface area (TPSA) is 230 Å². The first kappa shape index (κ1) is 36.7. The van der Waals surface area contributed by atoms with E-state index in [0.717, 1.165) is 5.56 Å². The molecule has 0 spiro atoms. The van der Waals surface area contributed by atoms with Gasteiger partial charge >= 0.3 is 0 Å². The number of guanidine groups is 1. The van der Waals surface area contributed by atoms with Gasteiger partial charge in [-0.15, -0.1) is 0 Å². The predicted octanol–water partition coefficient (Wildman–Crippen LogP) is -1.49. The van der Waals surface area contributed by atoms with Crippen LogP contribution in [-0.4, -0.2) is 105 Å². The summed E-state index contributed by atoms with van der Waals surface area (Å²) in [5, 5.41) is 27.0. The number of hydrogen-bond acceptors (Lipinski definition) is 8. The van der Waals surface area contributed by atoms with Gasteiger partial charge in [-0.05, 0) is 36.6 Å². The van der Waals surface area contributed by atoms with Crippen molar-refractivity contribution in [1.29, 1.82) is 0 Å². The van der Waals surface area contributed by atoms with E-state index in [1.165, 1.54) is 37.3 Å². The molecule has 15 heteroatoms. The number of aliphatic hydroxyl groups is 1. The highest BCUT2D eigenvalue weighted by Gasteiger charge is 2.30. The first-order valence-electron chi connectivity index (χ1n) is 14.3. The monoisotopic (exact) mass is 645 g/mol. The van der Waals surface area contributed by atoms with Crippen molar-refractivity contribution in [2.24, 2.45) is 16.5 Å². The summed E-state index contributed by atoms with van der Waals surface area (Å²) in [6.07, 6.45) is 2.08. The summed E-state index contributed by atoms with van der Waals surface area (Å²) in [5.74, 6) is -2.35. The number of nitrogens with two attached hydrogens (primary N) is 2. The van der Waals surface area contributed by atoms with Crippen LogP contribution in [0.15, 0.2) is 59.6 Å². The summed E-state index contributed by atoms with van der Waals surface area (Å²) in [7, 11) is 0.324. The van der Waals surface area contributed by atoms with Gasteiger partial charge in [-0.1, -0.05) is 42.5 Å². The van der Waals surface area contributed by atoms with Gasteiger partial charge in [0.05, 0.1) is 19.2 Å². The van der Waals surface area contributed by atoms with E-state index in [2.05, 4.69) is 20.9 Å². The molecule has 1 unspecified atom stereocenters. The Hall–Kier alpha value is -4.50. The Kier molecular flexibility index (Phi) is 15.0. The lowest BCUT2D eigenvalue weighted by atomic mass is 10.0. The molecule has 0 fully saturated rings. The van der Waals surface area contributed by atoms with E-state index >= 15 is 0 Å². The molecule has 0 aliphatic heterocycles. The summed E-state index contributed by atoms with van der Waals surface area (Å²) >= 11 is 0. The molecule has 0 aliphatic carbocycles. The molecule has 0 saturated carbocycles. The summed E-state index contributed by atoms with van der Waals surface area (Å²) in [6.45, 7) is 0.604. The molecule has 0 aromatic heterocycles. The Bertz CT molecular complexity index is 1340. The number of carbonyl (C=O) groups excluding carboxylic acids is 4. The molecule has 0 radical (unpaired) electrons. The predicted molar refractivity (Wildman–Crippen MR) is 171 cm³/mol. The maximum absolute atomic E-state index is 13.3. The molecule has 4 amide bonds. The third-order valence-electron chi connectivity index (χ3n) is 6.89. The molecular weight excluding hydrogens is 602 g/mol. The summed E-state index contributed by atoms with van der Waals surface area (Å²) in [6, 6.07) is 11.4. The van der Waals surface area contributed by atoms with Gasteiger partial charge < -0.3 is 42.5 Å². The summed E-state index contributed by atoms with van der Waals surface area (Å²) < 4.78 is 11.5. The van der Waals surface area contributed by atoms with Gasteiger partial charge in [0.15, 0.2) is 5.96 Å². The number of hydrogen-bond donors (Lipinski definition) is 7. The Labute approximate surface area is 265 Å². The Morgan fingerprint density at radius 1 is 0.933 bits per heavy atom. The van der Waals surface area contributed by atoms with Crippen molar-refractivity contribution in [3.8, 4) is 5.75 Å². The van der Waals surface area contributed by atoms with Gasteiger partial charge in [0, 0.05) is 42.7 Å². The highest BCUT2D eigenvalue weighted by atomic mass is 32.2. The normalized spacial score (nSPS) is 14.1. The molecule has 45 heavy (non-hydrogen) atoms. The zero-order valence-electron chi connectivity index (χ0n) is 25.6. The Morgan fingerprint density at radius 2 is 1.56 bits per heavy atom. The molecule has 0 bridgehead atoms. The van der Waals surface area contributed by atoms with Crippen molar-refractivity contribution < 1.29 is 33.6 Å². The van der Waals surface area contributed by atoms with Crippen molar-refractivity contribution in [3.05, 3.63) is 65.7 Å². The van der Waals surface area contributed by atoms with Crippen molar-refractivity contribution in [1.82, 2.24) is 20.9 Å². The second kappa shape index (κ2) is 18.3. The van der Waals surface area contributed by atoms with Crippen LogP contribution >= 0.6 is 0 Å². The Balaban J connectivity index is 2.05. The number of benzene rings is 2. The summed E-state index contributed by atoms with van der Waals surface area (Å²) in [4.78, 5) is 57.4. The zero-order chi connectivity index (χ0) is 33.5. The maximum atomic E-state index is 13.3. The fraction of sp³-hybridized carbons (Fsp3) is 0.433. The average molecular weight is 646 g/mol. The number of nitrogens with one attached hydrogen (secondary N) is 3. The van der Waals surface area contributed by atoms with Crippen LogP contribution < -0.4 is 27.4 Å². The van der Waals surface area contributed by atoms with Crippen molar-refractivity contribution in [2.75, 3.05) is 32.2 Å². The van der Waals surface area contributed by atoms with E-state index in [1.54, 1.807) is 24.3 Å². The lowest BCUT2D eigenvalue weighted by Crippen LogP contribution is -2.55. The van der Waals surface area contributed by atoms with E-state index in [4.69, 9.17) is 11.5 Å². The SMILES string of the molecule is C[C@@H](NC(=O)[C@H](Cc1ccc(O)cc1)N=C(N)N)C(=O)NCC(=O)N(C)[C@@H](Cc1ccccc1)C(=O)N[C@H](CO)CCS(C)=O. The van der Waals surface area contributed by atoms with Crippen LogP contribution in [0.25, 0.3) is 0 Å². The number of nitrogens with zero attached hydrogens (tertiary/aromatic N) is 2. The largest absolute Gasteiger partial charge is 0.508 e. The summed E-state index contributed by atoms with van der Waals surface area (Å²) in [5.41, 5.74) is 12.5. The van der Waals surface area contributed by atoms with Gasteiger partial charge in [-0.3, -0.25) is 23.4 Å². The molecule has 9 N–H and O–H groups in total. The second-order valence-corrected chi connectivity index (χ2v) is 12.1. The zero-order valence-corrected chi connectivity index (χ0v) is 26.5. The van der Waals surface area contributed by atoms with Crippen LogP contribution in [0.5, 0.6) is 5.75 Å². The molecule has 5 atom stereocenters. The molecular formula is C30H43N7O7S. The third kappa shape index (κ3) is 12.9. The fourth-order valence-electron chi connectivity index (χ4n) is 4.28. The minimum atomic E-state index is -1.11. The first-order chi connectivity index (χ1) is 21.3. The Morgan fingerprint density at radius 3 is 2.13 bits per heavy atom. The van der Waals surface area contributed by atoms with Gasteiger partial charge in [0.1, 0.15) is 23.9 Å². The number of rotatable bonds is 17. The van der Waals surface area contributed by atoms with Gasteiger partial charge in [-0.2, -0.15) is 0 Å². The quantitative estimate of drug-likeness (QED) is 0.0784. The number of aliphatic imine (C=N–C) groups is 1. The lowest BCUT2D eigenvalue weighted by Gasteiger charge is -2.29. The molecule has 0 saturated heterocycles. The standard InChI is InChI=1S/C30H43N7O7S/c1-19(34-28(42)24(36-30(31)32)15-21-9-11-23(39)12-10-21)27(41)33-17-26(40)37(2)25(16-20-7-5-4-6-8-20)29(43)35-22(18-38)13-14-45(3)44/h4-12,19,22,24-25,38-39H,13-18H2,1-3H3,(H,33,41)(H,34,42)(H,35,43)(H4,31,32,36)/t19-,22+,24+,25+,45?/m1/s1. The molecule has 0 heterocycles. The molecule has 246 valence electrons. The average Bonchev–Trinajstić information content (AvgIpc) is 3.00. The fourth-order valence-corrected chi connectivity index (χ4v) is 4.90. The van der Waals surface area contributed by atoms with Crippen LogP contribution in [0.1, 0.15) is 24.5 Å². The van der Waals surface area contributed by atoms with E-state index in [-0.39, 0.29) is 36.9 Å². The number of phenols is 1. The van der Waals surface area contributed by atoms with Crippen LogP contribution in [0.2, 0.25) is 0 Å². The maximum Gasteiger partial charge on any atom is 0.245 e. The smallest absolute Gasteiger partial charge is 0.245 e.